The van der Waals surface area contributed by atoms with Crippen LogP contribution in [-0.4, -0.2) is 38.4 Å². The molecule has 1 N–H and O–H groups in total. The lowest BCUT2D eigenvalue weighted by atomic mass is 10.0. The van der Waals surface area contributed by atoms with Gasteiger partial charge in [0.25, 0.3) is 5.56 Å². The number of rotatable bonds is 6. The minimum atomic E-state index is 0. The first-order valence-electron chi connectivity index (χ1n) is 13.0. The van der Waals surface area contributed by atoms with Crippen LogP contribution in [0.3, 0.4) is 0 Å². The van der Waals surface area contributed by atoms with Gasteiger partial charge in [0.15, 0.2) is 0 Å². The molecule has 36 heavy (non-hydrogen) atoms. The lowest BCUT2D eigenvalue weighted by molar-refractivity contribution is -0.131. The number of fused-ring (bicyclic) bond motifs is 1. The second-order valence-electron chi connectivity index (χ2n) is 10.5. The monoisotopic (exact) mass is 482 g/mol. The summed E-state index contributed by atoms with van der Waals surface area (Å²) in [4.78, 5) is 35.9. The van der Waals surface area contributed by atoms with E-state index in [1.165, 1.54) is 5.39 Å². The van der Waals surface area contributed by atoms with E-state index in [0.717, 1.165) is 72.5 Å². The predicted octanol–water partition coefficient (Wildman–Crippen LogP) is 5.57. The Labute approximate surface area is 212 Å². The summed E-state index contributed by atoms with van der Waals surface area (Å²) in [5.41, 5.74) is 5.83. The Morgan fingerprint density at radius 3 is 2.56 bits per heavy atom. The molecule has 1 aliphatic carbocycles. The first-order valence-corrected chi connectivity index (χ1v) is 13.0. The molecule has 2 fully saturated rings. The molecule has 0 spiro atoms. The molecule has 2 aromatic carbocycles. The summed E-state index contributed by atoms with van der Waals surface area (Å²) < 4.78 is 1.84. The maximum atomic E-state index is 13.3. The third kappa shape index (κ3) is 4.25. The zero-order valence-electron chi connectivity index (χ0n) is 21.0. The van der Waals surface area contributed by atoms with E-state index in [1.54, 1.807) is 0 Å². The van der Waals surface area contributed by atoms with Crippen molar-refractivity contribution in [1.82, 2.24) is 19.4 Å². The van der Waals surface area contributed by atoms with Crippen LogP contribution in [0.1, 0.15) is 38.4 Å². The number of H-pyrrole nitrogens is 1. The Morgan fingerprint density at radius 1 is 1.03 bits per heavy atom. The quantitative estimate of drug-likeness (QED) is 0.391. The second-order valence-corrected chi connectivity index (χ2v) is 10.5. The Hall–Kier alpha value is -3.67. The van der Waals surface area contributed by atoms with Gasteiger partial charge in [0, 0.05) is 55.5 Å². The van der Waals surface area contributed by atoms with Crippen LogP contribution in [0, 0.1) is 25.7 Å². The van der Waals surface area contributed by atoms with Gasteiger partial charge in [-0.25, -0.2) is 4.98 Å². The zero-order valence-corrected chi connectivity index (χ0v) is 21.0. The lowest BCUT2D eigenvalue weighted by Crippen LogP contribution is -2.30. The number of nitrogens with one attached hydrogen (secondary N) is 1. The fourth-order valence-electron chi connectivity index (χ4n) is 5.39. The number of hydrogen-bond donors (Lipinski definition) is 1. The number of carbonyl (C=O) groups excluding carboxylic acids is 1. The molecule has 1 atom stereocenters. The van der Waals surface area contributed by atoms with Crippen molar-refractivity contribution in [2.45, 2.75) is 46.1 Å². The molecular formula is C30H34N4O2. The van der Waals surface area contributed by atoms with Gasteiger partial charge < -0.3 is 9.88 Å². The van der Waals surface area contributed by atoms with Gasteiger partial charge in [-0.05, 0) is 74.1 Å². The van der Waals surface area contributed by atoms with Gasteiger partial charge in [-0.1, -0.05) is 36.4 Å². The highest BCUT2D eigenvalue weighted by molar-refractivity contribution is 5.85. The number of amides is 1. The molecular weight excluding hydrogens is 448 g/mol. The molecule has 2 aromatic heterocycles. The number of nitrogens with zero attached hydrogens (tertiary/aromatic N) is 3. The van der Waals surface area contributed by atoms with Crippen molar-refractivity contribution in [1.29, 1.82) is 0 Å². The van der Waals surface area contributed by atoms with Gasteiger partial charge in [-0.3, -0.25) is 14.2 Å². The smallest absolute Gasteiger partial charge is 0.256 e. The fourth-order valence-corrected chi connectivity index (χ4v) is 5.39. The maximum Gasteiger partial charge on any atom is 0.256 e. The minimum Gasteiger partial charge on any atom is -0.361 e. The molecule has 6 heteroatoms. The standard InChI is InChI=1S/C30H32N4O2.H2/c1-19-20(2)32-28(24-6-3-22(4-7-24)26-10-5-23-11-14-31-27(23)17-26)34(29(19)35)16-13-21-12-15-33(18-21)30(36)25-8-9-25;/h3-7,10-11,14,17,21,25,31H,8-9,12-13,15-16,18H2,1-2H3;1H/t21-;/m0./s1. The van der Waals surface area contributed by atoms with Crippen molar-refractivity contribution in [2.24, 2.45) is 11.8 Å². The van der Waals surface area contributed by atoms with E-state index in [0.29, 0.717) is 23.9 Å². The third-order valence-corrected chi connectivity index (χ3v) is 7.95. The molecule has 2 aliphatic rings. The van der Waals surface area contributed by atoms with Gasteiger partial charge in [-0.15, -0.1) is 0 Å². The summed E-state index contributed by atoms with van der Waals surface area (Å²) in [6.07, 6.45) is 5.94. The topological polar surface area (TPSA) is 71.0 Å². The molecule has 6 rings (SSSR count). The van der Waals surface area contributed by atoms with Crippen molar-refractivity contribution in [2.75, 3.05) is 13.1 Å². The number of benzene rings is 2. The number of likely N-dealkylation sites (tertiary alicyclic amines) is 1. The van der Waals surface area contributed by atoms with Crippen molar-refractivity contribution < 1.29 is 6.22 Å². The highest BCUT2D eigenvalue weighted by Crippen LogP contribution is 2.33. The van der Waals surface area contributed by atoms with Crippen LogP contribution < -0.4 is 5.56 Å². The minimum absolute atomic E-state index is 0. The third-order valence-electron chi connectivity index (χ3n) is 7.95. The molecule has 0 unspecified atom stereocenters. The highest BCUT2D eigenvalue weighted by atomic mass is 16.2. The van der Waals surface area contributed by atoms with Gasteiger partial charge in [-0.2, -0.15) is 0 Å². The van der Waals surface area contributed by atoms with Gasteiger partial charge in [0.05, 0.1) is 0 Å². The normalized spacial score (nSPS) is 17.7. The summed E-state index contributed by atoms with van der Waals surface area (Å²) in [6, 6.07) is 16.8. The van der Waals surface area contributed by atoms with Crippen molar-refractivity contribution in [3.63, 3.8) is 0 Å². The van der Waals surface area contributed by atoms with Crippen molar-refractivity contribution in [3.05, 3.63) is 76.3 Å². The maximum absolute atomic E-state index is 13.3. The summed E-state index contributed by atoms with van der Waals surface area (Å²) >= 11 is 0. The lowest BCUT2D eigenvalue weighted by Gasteiger charge is -2.18. The summed E-state index contributed by atoms with van der Waals surface area (Å²) in [5, 5.41) is 1.20. The molecule has 1 aliphatic heterocycles. The average molecular weight is 483 g/mol. The van der Waals surface area contributed by atoms with Gasteiger partial charge in [0.1, 0.15) is 5.82 Å². The summed E-state index contributed by atoms with van der Waals surface area (Å²) in [5.74, 6) is 1.76. The molecule has 1 saturated carbocycles. The number of hydrogen-bond acceptors (Lipinski definition) is 3. The molecule has 186 valence electrons. The summed E-state index contributed by atoms with van der Waals surface area (Å²) in [7, 11) is 0. The number of aromatic amines is 1. The first-order chi connectivity index (χ1) is 17.5. The largest absolute Gasteiger partial charge is 0.361 e. The van der Waals surface area contributed by atoms with E-state index >= 15 is 0 Å². The van der Waals surface area contributed by atoms with Crippen LogP contribution in [0.5, 0.6) is 0 Å². The van der Waals surface area contributed by atoms with E-state index in [2.05, 4.69) is 53.5 Å². The molecule has 0 radical (unpaired) electrons. The van der Waals surface area contributed by atoms with Crippen LogP contribution in [-0.2, 0) is 11.3 Å². The van der Waals surface area contributed by atoms with E-state index in [9.17, 15) is 9.59 Å². The van der Waals surface area contributed by atoms with E-state index in [1.807, 2.05) is 29.5 Å². The van der Waals surface area contributed by atoms with E-state index in [-0.39, 0.29) is 12.9 Å². The molecule has 0 bridgehead atoms. The van der Waals surface area contributed by atoms with Crippen molar-refractivity contribution in [3.8, 4) is 22.5 Å². The molecule has 3 heterocycles. The van der Waals surface area contributed by atoms with Gasteiger partial charge >= 0.3 is 0 Å². The molecule has 1 saturated heterocycles. The Balaban J connectivity index is 0.00000280. The van der Waals surface area contributed by atoms with Gasteiger partial charge in [0.2, 0.25) is 5.91 Å². The Bertz CT molecular complexity index is 1500. The van der Waals surface area contributed by atoms with Crippen LogP contribution in [0.4, 0.5) is 0 Å². The molecule has 4 aromatic rings. The van der Waals surface area contributed by atoms with Crippen molar-refractivity contribution >= 4 is 16.8 Å². The highest BCUT2D eigenvalue weighted by Gasteiger charge is 2.36. The Morgan fingerprint density at radius 2 is 1.78 bits per heavy atom. The van der Waals surface area contributed by atoms with E-state index in [4.69, 9.17) is 4.98 Å². The fraction of sp³-hybridized carbons (Fsp3) is 0.367. The average Bonchev–Trinajstić information content (AvgIpc) is 3.45. The molecule has 1 amide bonds. The number of carbonyl (C=O) groups is 1. The number of aryl methyl sites for hydroxylation is 1. The second kappa shape index (κ2) is 9.08. The summed E-state index contributed by atoms with van der Waals surface area (Å²) in [6.45, 7) is 6.04. The van der Waals surface area contributed by atoms with Crippen LogP contribution >= 0.6 is 0 Å². The van der Waals surface area contributed by atoms with Crippen LogP contribution in [0.25, 0.3) is 33.4 Å². The molecule has 6 nitrogen and oxygen atoms in total. The Kier molecular flexibility index (Phi) is 5.75. The SMILES string of the molecule is Cc1nc(-c2ccc(-c3ccc4cc[nH]c4c3)cc2)n(CC[C@@H]2CCN(C(=O)C3CC3)C2)c(=O)c1C.[HH]. The van der Waals surface area contributed by atoms with Crippen LogP contribution in [0.2, 0.25) is 0 Å². The van der Waals surface area contributed by atoms with E-state index < -0.39 is 0 Å². The first kappa shape index (κ1) is 22.8. The van der Waals surface area contributed by atoms with Crippen LogP contribution in [0.15, 0.2) is 59.5 Å². The zero-order chi connectivity index (χ0) is 24.8. The predicted molar refractivity (Wildman–Crippen MR) is 145 cm³/mol. The number of aromatic nitrogens is 3.